The standard InChI is InChI=1S/C20H25BrN2O4S/c1-5-14-11-16(21)12-15(6-2)20(14)22-19(24)13-23(3)28(25,26)18-9-7-17(27-4)8-10-18/h7-12H,5-6,13H2,1-4H3,(H,22,24). The molecule has 0 aliphatic carbocycles. The SMILES string of the molecule is CCc1cc(Br)cc(CC)c1NC(=O)CN(C)S(=O)(=O)c1ccc(OC)cc1. The molecule has 6 nitrogen and oxygen atoms in total. The van der Waals surface area contributed by atoms with Crippen molar-refractivity contribution in [2.75, 3.05) is 26.0 Å². The average Bonchev–Trinajstić information content (AvgIpc) is 2.68. The van der Waals surface area contributed by atoms with Gasteiger partial charge < -0.3 is 10.1 Å². The van der Waals surface area contributed by atoms with Crippen LogP contribution in [-0.2, 0) is 27.7 Å². The number of rotatable bonds is 8. The van der Waals surface area contributed by atoms with Crippen molar-refractivity contribution in [2.24, 2.45) is 0 Å². The van der Waals surface area contributed by atoms with Gasteiger partial charge in [-0.15, -0.1) is 0 Å². The van der Waals surface area contributed by atoms with E-state index in [9.17, 15) is 13.2 Å². The van der Waals surface area contributed by atoms with E-state index in [2.05, 4.69) is 21.2 Å². The summed E-state index contributed by atoms with van der Waals surface area (Å²) in [5.41, 5.74) is 2.76. The largest absolute Gasteiger partial charge is 0.497 e. The monoisotopic (exact) mass is 468 g/mol. The lowest BCUT2D eigenvalue weighted by molar-refractivity contribution is -0.116. The molecule has 2 rings (SSSR count). The number of hydrogen-bond donors (Lipinski definition) is 1. The topological polar surface area (TPSA) is 75.7 Å². The number of aryl methyl sites for hydroxylation is 2. The highest BCUT2D eigenvalue weighted by Crippen LogP contribution is 2.27. The molecule has 0 heterocycles. The smallest absolute Gasteiger partial charge is 0.243 e. The zero-order valence-corrected chi connectivity index (χ0v) is 18.9. The van der Waals surface area contributed by atoms with Crippen LogP contribution in [0.25, 0.3) is 0 Å². The second-order valence-corrected chi connectivity index (χ2v) is 9.25. The van der Waals surface area contributed by atoms with Crippen molar-refractivity contribution >= 4 is 37.5 Å². The first-order valence-electron chi connectivity index (χ1n) is 8.94. The number of methoxy groups -OCH3 is 1. The first kappa shape index (κ1) is 22.4. The molecule has 0 saturated heterocycles. The molecule has 152 valence electrons. The Kier molecular flexibility index (Phi) is 7.63. The van der Waals surface area contributed by atoms with Crippen molar-refractivity contribution < 1.29 is 17.9 Å². The van der Waals surface area contributed by atoms with Gasteiger partial charge in [0.2, 0.25) is 15.9 Å². The fourth-order valence-electron chi connectivity index (χ4n) is 2.84. The highest BCUT2D eigenvalue weighted by atomic mass is 79.9. The van der Waals surface area contributed by atoms with Crippen LogP contribution < -0.4 is 10.1 Å². The van der Waals surface area contributed by atoms with Crippen molar-refractivity contribution in [1.29, 1.82) is 0 Å². The zero-order chi connectivity index (χ0) is 20.9. The molecular weight excluding hydrogens is 444 g/mol. The van der Waals surface area contributed by atoms with Gasteiger partial charge in [-0.3, -0.25) is 4.79 Å². The number of hydrogen-bond acceptors (Lipinski definition) is 4. The Morgan fingerprint density at radius 2 is 1.64 bits per heavy atom. The highest BCUT2D eigenvalue weighted by Gasteiger charge is 2.23. The molecule has 8 heteroatoms. The minimum absolute atomic E-state index is 0.107. The van der Waals surface area contributed by atoms with Crippen molar-refractivity contribution in [3.63, 3.8) is 0 Å². The Labute approximate surface area is 175 Å². The number of benzene rings is 2. The molecule has 0 spiro atoms. The van der Waals surface area contributed by atoms with Gasteiger partial charge in [0.05, 0.1) is 18.6 Å². The van der Waals surface area contributed by atoms with Gasteiger partial charge in [-0.05, 0) is 60.4 Å². The van der Waals surface area contributed by atoms with E-state index in [0.717, 1.165) is 38.4 Å². The Bertz CT molecular complexity index is 918. The Balaban J connectivity index is 2.18. The summed E-state index contributed by atoms with van der Waals surface area (Å²) in [6.07, 6.45) is 1.50. The van der Waals surface area contributed by atoms with Gasteiger partial charge in [0.1, 0.15) is 5.75 Å². The molecular formula is C20H25BrN2O4S. The molecule has 2 aromatic rings. The molecule has 0 bridgehead atoms. The van der Waals surface area contributed by atoms with Gasteiger partial charge in [0.15, 0.2) is 0 Å². The fourth-order valence-corrected chi connectivity index (χ4v) is 4.52. The van der Waals surface area contributed by atoms with Crippen LogP contribution in [0.2, 0.25) is 0 Å². The van der Waals surface area contributed by atoms with E-state index in [4.69, 9.17) is 4.74 Å². The van der Waals surface area contributed by atoms with Crippen LogP contribution in [0.3, 0.4) is 0 Å². The maximum absolute atomic E-state index is 12.7. The Morgan fingerprint density at radius 1 is 1.11 bits per heavy atom. The highest BCUT2D eigenvalue weighted by molar-refractivity contribution is 9.10. The third kappa shape index (κ3) is 5.12. The third-order valence-electron chi connectivity index (χ3n) is 4.43. The summed E-state index contributed by atoms with van der Waals surface area (Å²) in [5.74, 6) is 0.181. The minimum Gasteiger partial charge on any atom is -0.497 e. The third-order valence-corrected chi connectivity index (χ3v) is 6.70. The fraction of sp³-hybridized carbons (Fsp3) is 0.350. The zero-order valence-electron chi connectivity index (χ0n) is 16.5. The summed E-state index contributed by atoms with van der Waals surface area (Å²) in [6, 6.07) is 10.00. The van der Waals surface area contributed by atoms with Gasteiger partial charge in [-0.2, -0.15) is 4.31 Å². The van der Waals surface area contributed by atoms with Crippen LogP contribution in [-0.4, -0.2) is 39.3 Å². The second-order valence-electron chi connectivity index (χ2n) is 6.29. The maximum Gasteiger partial charge on any atom is 0.243 e. The van der Waals surface area contributed by atoms with Crippen molar-refractivity contribution in [3.05, 3.63) is 52.0 Å². The molecule has 2 aromatic carbocycles. The molecule has 0 saturated carbocycles. The number of anilines is 1. The van der Waals surface area contributed by atoms with Crippen LogP contribution in [0.4, 0.5) is 5.69 Å². The summed E-state index contributed by atoms with van der Waals surface area (Å²) in [4.78, 5) is 12.7. The molecule has 0 radical (unpaired) electrons. The number of halogens is 1. The van der Waals surface area contributed by atoms with Gasteiger partial charge in [-0.25, -0.2) is 8.42 Å². The molecule has 0 atom stereocenters. The van der Waals surface area contributed by atoms with E-state index in [0.29, 0.717) is 5.75 Å². The molecule has 1 amide bonds. The van der Waals surface area contributed by atoms with Crippen molar-refractivity contribution in [2.45, 2.75) is 31.6 Å². The summed E-state index contributed by atoms with van der Waals surface area (Å²) >= 11 is 3.49. The number of nitrogens with zero attached hydrogens (tertiary/aromatic N) is 1. The van der Waals surface area contributed by atoms with E-state index in [1.54, 1.807) is 12.1 Å². The number of ether oxygens (including phenoxy) is 1. The Morgan fingerprint density at radius 3 is 2.11 bits per heavy atom. The summed E-state index contributed by atoms with van der Waals surface area (Å²) in [5, 5.41) is 2.90. The number of sulfonamides is 1. The number of nitrogens with one attached hydrogen (secondary N) is 1. The minimum atomic E-state index is -3.78. The van der Waals surface area contributed by atoms with Crippen molar-refractivity contribution in [3.8, 4) is 5.75 Å². The van der Waals surface area contributed by atoms with E-state index in [1.165, 1.54) is 26.3 Å². The van der Waals surface area contributed by atoms with E-state index < -0.39 is 10.0 Å². The first-order valence-corrected chi connectivity index (χ1v) is 11.2. The molecule has 1 N–H and O–H groups in total. The number of amides is 1. The van der Waals surface area contributed by atoms with Crippen LogP contribution in [0.5, 0.6) is 5.75 Å². The summed E-state index contributed by atoms with van der Waals surface area (Å²) in [6.45, 7) is 3.74. The number of carbonyl (C=O) groups is 1. The van der Waals surface area contributed by atoms with Crippen LogP contribution >= 0.6 is 15.9 Å². The number of carbonyl (C=O) groups excluding carboxylic acids is 1. The van der Waals surface area contributed by atoms with Crippen LogP contribution in [0.15, 0.2) is 45.8 Å². The predicted octanol–water partition coefficient (Wildman–Crippen LogP) is 3.84. The second kappa shape index (κ2) is 9.54. The molecule has 0 aromatic heterocycles. The van der Waals surface area contributed by atoms with E-state index >= 15 is 0 Å². The number of likely N-dealkylation sites (N-methyl/N-ethyl adjacent to an activating group) is 1. The van der Waals surface area contributed by atoms with Gasteiger partial charge in [0.25, 0.3) is 0 Å². The molecule has 0 aliphatic rings. The van der Waals surface area contributed by atoms with E-state index in [1.807, 2.05) is 26.0 Å². The predicted molar refractivity (Wildman–Crippen MR) is 114 cm³/mol. The lowest BCUT2D eigenvalue weighted by atomic mass is 10.0. The normalized spacial score (nSPS) is 11.5. The molecule has 0 unspecified atom stereocenters. The van der Waals surface area contributed by atoms with Gasteiger partial charge in [-0.1, -0.05) is 29.8 Å². The Hall–Kier alpha value is -1.90. The molecule has 0 fully saturated rings. The summed E-state index contributed by atoms with van der Waals surface area (Å²) < 4.78 is 32.5. The summed E-state index contributed by atoms with van der Waals surface area (Å²) in [7, 11) is -0.878. The molecule has 0 aliphatic heterocycles. The first-order chi connectivity index (χ1) is 13.2. The molecule has 28 heavy (non-hydrogen) atoms. The van der Waals surface area contributed by atoms with Gasteiger partial charge in [0, 0.05) is 17.2 Å². The van der Waals surface area contributed by atoms with E-state index in [-0.39, 0.29) is 17.3 Å². The van der Waals surface area contributed by atoms with Crippen molar-refractivity contribution in [1.82, 2.24) is 4.31 Å². The van der Waals surface area contributed by atoms with Gasteiger partial charge >= 0.3 is 0 Å². The lowest BCUT2D eigenvalue weighted by Crippen LogP contribution is -2.35. The van der Waals surface area contributed by atoms with Crippen LogP contribution in [0, 0.1) is 0 Å². The maximum atomic E-state index is 12.7. The lowest BCUT2D eigenvalue weighted by Gasteiger charge is -2.19. The van der Waals surface area contributed by atoms with Crippen LogP contribution in [0.1, 0.15) is 25.0 Å². The average molecular weight is 469 g/mol. The quantitative estimate of drug-likeness (QED) is 0.638.